The first-order valence-corrected chi connectivity index (χ1v) is 3.43. The number of hydrogen-bond donors (Lipinski definition) is 1. The van der Waals surface area contributed by atoms with Crippen LogP contribution in [0.2, 0.25) is 0 Å². The minimum absolute atomic E-state index is 0.526. The number of nitrogens with one attached hydrogen (secondary N) is 1. The highest BCUT2D eigenvalue weighted by Gasteiger charge is 1.93. The molecule has 2 nitrogen and oxygen atoms in total. The van der Waals surface area contributed by atoms with Crippen molar-refractivity contribution < 1.29 is 0 Å². The molecule has 1 heterocycles. The number of terminal acetylenes is 1. The number of nitrogens with zero attached hydrogens (tertiary/aromatic N) is 1. The Labute approximate surface area is 66.7 Å². The summed E-state index contributed by atoms with van der Waals surface area (Å²) >= 11 is 0. The monoisotopic (exact) mass is 146 g/mol. The summed E-state index contributed by atoms with van der Waals surface area (Å²) in [7, 11) is 0. The van der Waals surface area contributed by atoms with Gasteiger partial charge in [-0.15, -0.1) is 6.42 Å². The fraction of sp³-hybridized carbons (Fsp3) is 0.222. The fourth-order valence-corrected chi connectivity index (χ4v) is 0.806. The molecular weight excluding hydrogens is 136 g/mol. The van der Waals surface area contributed by atoms with E-state index in [-0.39, 0.29) is 0 Å². The van der Waals surface area contributed by atoms with E-state index in [4.69, 9.17) is 6.42 Å². The summed E-state index contributed by atoms with van der Waals surface area (Å²) in [6, 6.07) is 3.89. The average molecular weight is 146 g/mol. The van der Waals surface area contributed by atoms with Gasteiger partial charge < -0.3 is 5.32 Å². The van der Waals surface area contributed by atoms with E-state index in [0.717, 1.165) is 11.4 Å². The molecule has 0 aliphatic rings. The molecule has 0 aromatic carbocycles. The highest BCUT2D eigenvalue weighted by atomic mass is 15.0. The van der Waals surface area contributed by atoms with E-state index in [1.165, 1.54) is 0 Å². The molecular formula is C9H10N2. The first-order chi connectivity index (χ1) is 5.34. The van der Waals surface area contributed by atoms with E-state index in [1.807, 2.05) is 19.1 Å². The van der Waals surface area contributed by atoms with Crippen molar-refractivity contribution in [3.8, 4) is 12.3 Å². The van der Waals surface area contributed by atoms with E-state index in [0.29, 0.717) is 6.54 Å². The van der Waals surface area contributed by atoms with Gasteiger partial charge in [0.1, 0.15) is 5.82 Å². The molecule has 0 fully saturated rings. The zero-order chi connectivity index (χ0) is 8.10. The van der Waals surface area contributed by atoms with Crippen molar-refractivity contribution in [1.82, 2.24) is 4.98 Å². The van der Waals surface area contributed by atoms with Crippen molar-refractivity contribution >= 4 is 5.82 Å². The van der Waals surface area contributed by atoms with E-state index >= 15 is 0 Å². The van der Waals surface area contributed by atoms with Crippen molar-refractivity contribution in [3.63, 3.8) is 0 Å². The highest BCUT2D eigenvalue weighted by Crippen LogP contribution is 2.07. The molecule has 0 aliphatic heterocycles. The number of anilines is 1. The third-order valence-electron chi connectivity index (χ3n) is 1.37. The van der Waals surface area contributed by atoms with Crippen molar-refractivity contribution in [2.45, 2.75) is 6.92 Å². The second-order valence-electron chi connectivity index (χ2n) is 2.23. The number of aromatic nitrogens is 1. The quantitative estimate of drug-likeness (QED) is 0.638. The third kappa shape index (κ3) is 1.98. The number of rotatable bonds is 2. The zero-order valence-corrected chi connectivity index (χ0v) is 6.46. The van der Waals surface area contributed by atoms with Gasteiger partial charge in [0, 0.05) is 6.20 Å². The molecule has 0 atom stereocenters. The first kappa shape index (κ1) is 7.62. The Bertz CT molecular complexity index is 273. The van der Waals surface area contributed by atoms with Gasteiger partial charge in [-0.05, 0) is 18.6 Å². The van der Waals surface area contributed by atoms with Crippen LogP contribution in [0.1, 0.15) is 5.56 Å². The molecule has 56 valence electrons. The predicted molar refractivity (Wildman–Crippen MR) is 46.3 cm³/mol. The van der Waals surface area contributed by atoms with Crippen LogP contribution in [-0.4, -0.2) is 11.5 Å². The number of hydrogen-bond acceptors (Lipinski definition) is 2. The van der Waals surface area contributed by atoms with Gasteiger partial charge in [0.15, 0.2) is 0 Å². The van der Waals surface area contributed by atoms with Gasteiger partial charge in [0.05, 0.1) is 6.54 Å². The molecule has 0 amide bonds. The summed E-state index contributed by atoms with van der Waals surface area (Å²) in [6.07, 6.45) is 6.83. The Morgan fingerprint density at radius 3 is 3.18 bits per heavy atom. The van der Waals surface area contributed by atoms with E-state index in [1.54, 1.807) is 6.20 Å². The van der Waals surface area contributed by atoms with Gasteiger partial charge in [-0.2, -0.15) is 0 Å². The van der Waals surface area contributed by atoms with Crippen molar-refractivity contribution in [2.24, 2.45) is 0 Å². The average Bonchev–Trinajstić information content (AvgIpc) is 2.03. The molecule has 0 saturated heterocycles. The maximum atomic E-state index is 5.09. The summed E-state index contributed by atoms with van der Waals surface area (Å²) < 4.78 is 0. The lowest BCUT2D eigenvalue weighted by Crippen LogP contribution is -2.01. The molecule has 11 heavy (non-hydrogen) atoms. The molecule has 1 aromatic heterocycles. The van der Waals surface area contributed by atoms with Crippen molar-refractivity contribution in [2.75, 3.05) is 11.9 Å². The largest absolute Gasteiger partial charge is 0.359 e. The number of pyridine rings is 1. The topological polar surface area (TPSA) is 24.9 Å². The van der Waals surface area contributed by atoms with Crippen molar-refractivity contribution in [1.29, 1.82) is 0 Å². The van der Waals surface area contributed by atoms with Crippen LogP contribution in [0.15, 0.2) is 18.3 Å². The molecule has 1 rings (SSSR count). The van der Waals surface area contributed by atoms with Crippen LogP contribution in [0.5, 0.6) is 0 Å². The van der Waals surface area contributed by atoms with E-state index < -0.39 is 0 Å². The maximum absolute atomic E-state index is 5.09. The Hall–Kier alpha value is -1.49. The van der Waals surface area contributed by atoms with Crippen molar-refractivity contribution in [3.05, 3.63) is 23.9 Å². The Morgan fingerprint density at radius 1 is 1.73 bits per heavy atom. The molecule has 0 unspecified atom stereocenters. The SMILES string of the molecule is C#CCNc1ncccc1C. The van der Waals surface area contributed by atoms with E-state index in [2.05, 4.69) is 16.2 Å². The zero-order valence-electron chi connectivity index (χ0n) is 6.46. The lowest BCUT2D eigenvalue weighted by Gasteiger charge is -2.03. The van der Waals surface area contributed by atoms with E-state index in [9.17, 15) is 0 Å². The summed E-state index contributed by atoms with van der Waals surface area (Å²) in [5.74, 6) is 3.36. The molecule has 0 aliphatic carbocycles. The number of aryl methyl sites for hydroxylation is 1. The van der Waals surface area contributed by atoms with Gasteiger partial charge in [-0.25, -0.2) is 4.98 Å². The van der Waals surface area contributed by atoms with Crippen LogP contribution in [0.25, 0.3) is 0 Å². The Kier molecular flexibility index (Phi) is 2.51. The Morgan fingerprint density at radius 2 is 2.55 bits per heavy atom. The summed E-state index contributed by atoms with van der Waals surface area (Å²) in [5, 5.41) is 3.02. The molecule has 2 heteroatoms. The molecule has 0 bridgehead atoms. The van der Waals surface area contributed by atoms with Gasteiger partial charge in [-0.1, -0.05) is 12.0 Å². The summed E-state index contributed by atoms with van der Waals surface area (Å²) in [5.41, 5.74) is 1.11. The molecule has 1 N–H and O–H groups in total. The summed E-state index contributed by atoms with van der Waals surface area (Å²) in [6.45, 7) is 2.52. The fourth-order valence-electron chi connectivity index (χ4n) is 0.806. The third-order valence-corrected chi connectivity index (χ3v) is 1.37. The van der Waals surface area contributed by atoms with Crippen LogP contribution in [0.4, 0.5) is 5.82 Å². The predicted octanol–water partition coefficient (Wildman–Crippen LogP) is 1.44. The van der Waals surface area contributed by atoms with Gasteiger partial charge in [-0.3, -0.25) is 0 Å². The minimum Gasteiger partial charge on any atom is -0.359 e. The standard InChI is InChI=1S/C9H10N2/c1-3-6-10-9-8(2)5-4-7-11-9/h1,4-5,7H,6H2,2H3,(H,10,11). The molecule has 0 spiro atoms. The van der Waals surface area contributed by atoms with Crippen LogP contribution < -0.4 is 5.32 Å². The lowest BCUT2D eigenvalue weighted by molar-refractivity contribution is 1.21. The second kappa shape index (κ2) is 3.62. The van der Waals surface area contributed by atoms with Crippen LogP contribution in [-0.2, 0) is 0 Å². The van der Waals surface area contributed by atoms with Crippen LogP contribution in [0.3, 0.4) is 0 Å². The van der Waals surface area contributed by atoms with Gasteiger partial charge >= 0.3 is 0 Å². The molecule has 0 radical (unpaired) electrons. The van der Waals surface area contributed by atoms with Gasteiger partial charge in [0.2, 0.25) is 0 Å². The molecule has 1 aromatic rings. The van der Waals surface area contributed by atoms with Crippen LogP contribution >= 0.6 is 0 Å². The second-order valence-corrected chi connectivity index (χ2v) is 2.23. The lowest BCUT2D eigenvalue weighted by atomic mass is 10.3. The highest BCUT2D eigenvalue weighted by molar-refractivity contribution is 5.43. The minimum atomic E-state index is 0.526. The Balaban J connectivity index is 2.71. The molecule has 0 saturated carbocycles. The smallest absolute Gasteiger partial charge is 0.129 e. The van der Waals surface area contributed by atoms with Crippen LogP contribution in [0, 0.1) is 19.3 Å². The maximum Gasteiger partial charge on any atom is 0.129 e. The summed E-state index contributed by atoms with van der Waals surface area (Å²) in [4.78, 5) is 4.11. The van der Waals surface area contributed by atoms with Gasteiger partial charge in [0.25, 0.3) is 0 Å². The first-order valence-electron chi connectivity index (χ1n) is 3.43. The normalized spacial score (nSPS) is 8.73.